The summed E-state index contributed by atoms with van der Waals surface area (Å²) in [5.41, 5.74) is 9.87. The van der Waals surface area contributed by atoms with Crippen molar-refractivity contribution < 1.29 is 0 Å². The predicted molar refractivity (Wildman–Crippen MR) is 73.9 cm³/mol. The number of aryl methyl sites for hydroxylation is 2. The minimum Gasteiger partial charge on any atom is -0.354 e. The van der Waals surface area contributed by atoms with E-state index in [1.807, 2.05) is 0 Å². The van der Waals surface area contributed by atoms with E-state index in [0.29, 0.717) is 6.54 Å². The van der Waals surface area contributed by atoms with Crippen LogP contribution in [-0.2, 0) is 19.4 Å². The van der Waals surface area contributed by atoms with Gasteiger partial charge in [0.2, 0.25) is 0 Å². The summed E-state index contributed by atoms with van der Waals surface area (Å²) in [6, 6.07) is 2.30. The number of hydrogen-bond acceptors (Lipinski definition) is 4. The number of pyridine rings is 1. The highest BCUT2D eigenvalue weighted by Crippen LogP contribution is 2.26. The van der Waals surface area contributed by atoms with Gasteiger partial charge in [-0.1, -0.05) is 0 Å². The molecular weight excluding hydrogens is 224 g/mol. The third-order valence-electron chi connectivity index (χ3n) is 3.99. The van der Waals surface area contributed by atoms with Gasteiger partial charge in [0.05, 0.1) is 0 Å². The lowest BCUT2D eigenvalue weighted by Crippen LogP contribution is -2.44. The molecule has 98 valence electrons. The SMILES string of the molecule is NCc1cc2c(nc1N1CCNCC1)CCCC2. The van der Waals surface area contributed by atoms with Gasteiger partial charge in [-0.2, -0.15) is 0 Å². The lowest BCUT2D eigenvalue weighted by atomic mass is 9.94. The van der Waals surface area contributed by atoms with Gasteiger partial charge in [-0.25, -0.2) is 4.98 Å². The first-order valence-electron chi connectivity index (χ1n) is 7.06. The van der Waals surface area contributed by atoms with Crippen LogP contribution in [0, 0.1) is 0 Å². The highest BCUT2D eigenvalue weighted by molar-refractivity contribution is 5.51. The summed E-state index contributed by atoms with van der Waals surface area (Å²) >= 11 is 0. The molecule has 2 heterocycles. The van der Waals surface area contributed by atoms with Crippen LogP contribution in [0.2, 0.25) is 0 Å². The number of aromatic nitrogens is 1. The molecule has 4 nitrogen and oxygen atoms in total. The molecule has 1 aromatic heterocycles. The number of nitrogens with two attached hydrogens (primary N) is 1. The predicted octanol–water partition coefficient (Wildman–Crippen LogP) is 0.829. The fourth-order valence-electron chi connectivity index (χ4n) is 2.97. The van der Waals surface area contributed by atoms with Crippen molar-refractivity contribution >= 4 is 5.82 Å². The molecule has 1 saturated heterocycles. The molecule has 18 heavy (non-hydrogen) atoms. The van der Waals surface area contributed by atoms with Crippen LogP contribution in [0.4, 0.5) is 5.82 Å². The summed E-state index contributed by atoms with van der Waals surface area (Å²) in [4.78, 5) is 7.31. The number of nitrogens with zero attached hydrogens (tertiary/aromatic N) is 2. The molecule has 0 spiro atoms. The van der Waals surface area contributed by atoms with Crippen LogP contribution in [0.5, 0.6) is 0 Å². The van der Waals surface area contributed by atoms with E-state index in [1.54, 1.807) is 0 Å². The van der Waals surface area contributed by atoms with Crippen molar-refractivity contribution in [2.45, 2.75) is 32.2 Å². The van der Waals surface area contributed by atoms with Crippen LogP contribution in [0.3, 0.4) is 0 Å². The largest absolute Gasteiger partial charge is 0.354 e. The molecule has 3 rings (SSSR count). The summed E-state index contributed by atoms with van der Waals surface area (Å²) < 4.78 is 0. The molecule has 0 radical (unpaired) electrons. The number of hydrogen-bond donors (Lipinski definition) is 2. The molecular formula is C14H22N4. The zero-order chi connectivity index (χ0) is 12.4. The lowest BCUT2D eigenvalue weighted by molar-refractivity contribution is 0.579. The summed E-state index contributed by atoms with van der Waals surface area (Å²) in [6.07, 6.45) is 4.89. The maximum atomic E-state index is 5.91. The second kappa shape index (κ2) is 5.24. The third kappa shape index (κ3) is 2.22. The monoisotopic (exact) mass is 246 g/mol. The van der Waals surface area contributed by atoms with Crippen LogP contribution in [0.1, 0.15) is 29.7 Å². The Kier molecular flexibility index (Phi) is 3.48. The Hall–Kier alpha value is -1.13. The Morgan fingerprint density at radius 3 is 2.78 bits per heavy atom. The van der Waals surface area contributed by atoms with E-state index in [2.05, 4.69) is 16.3 Å². The minimum absolute atomic E-state index is 0.597. The van der Waals surface area contributed by atoms with Crippen LogP contribution in [0.15, 0.2) is 6.07 Å². The van der Waals surface area contributed by atoms with Crippen molar-refractivity contribution in [1.29, 1.82) is 0 Å². The zero-order valence-electron chi connectivity index (χ0n) is 10.9. The molecule has 3 N–H and O–H groups in total. The van der Waals surface area contributed by atoms with E-state index < -0.39 is 0 Å². The Morgan fingerprint density at radius 1 is 1.22 bits per heavy atom. The van der Waals surface area contributed by atoms with Gasteiger partial charge < -0.3 is 16.0 Å². The molecule has 1 aromatic rings. The molecule has 0 saturated carbocycles. The number of nitrogens with one attached hydrogen (secondary N) is 1. The topological polar surface area (TPSA) is 54.2 Å². The van der Waals surface area contributed by atoms with E-state index in [4.69, 9.17) is 10.7 Å². The molecule has 4 heteroatoms. The first kappa shape index (κ1) is 11.9. The van der Waals surface area contributed by atoms with E-state index in [-0.39, 0.29) is 0 Å². The van der Waals surface area contributed by atoms with Crippen LogP contribution in [0.25, 0.3) is 0 Å². The standard InChI is InChI=1S/C14H22N4/c15-10-12-9-11-3-1-2-4-13(11)17-14(12)18-7-5-16-6-8-18/h9,16H,1-8,10,15H2. The number of anilines is 1. The van der Waals surface area contributed by atoms with Crippen molar-refractivity contribution in [2.24, 2.45) is 5.73 Å². The summed E-state index contributed by atoms with van der Waals surface area (Å²) in [5.74, 6) is 1.14. The second-order valence-corrected chi connectivity index (χ2v) is 5.23. The quantitative estimate of drug-likeness (QED) is 0.811. The fourth-order valence-corrected chi connectivity index (χ4v) is 2.97. The summed E-state index contributed by atoms with van der Waals surface area (Å²) in [6.45, 7) is 4.77. The normalized spacial score (nSPS) is 19.7. The zero-order valence-corrected chi connectivity index (χ0v) is 10.9. The third-order valence-corrected chi connectivity index (χ3v) is 3.99. The van der Waals surface area contributed by atoms with Crippen LogP contribution in [-0.4, -0.2) is 31.2 Å². The van der Waals surface area contributed by atoms with Gasteiger partial charge in [-0.3, -0.25) is 0 Å². The molecule has 0 unspecified atom stereocenters. The Bertz CT molecular complexity index is 424. The maximum absolute atomic E-state index is 5.91. The maximum Gasteiger partial charge on any atom is 0.133 e. The molecule has 0 bridgehead atoms. The highest BCUT2D eigenvalue weighted by atomic mass is 15.2. The molecule has 0 amide bonds. The Labute approximate surface area is 109 Å². The van der Waals surface area contributed by atoms with E-state index in [9.17, 15) is 0 Å². The van der Waals surface area contributed by atoms with E-state index in [1.165, 1.54) is 36.1 Å². The van der Waals surface area contributed by atoms with Gasteiger partial charge >= 0.3 is 0 Å². The molecule has 1 aliphatic heterocycles. The minimum atomic E-state index is 0.597. The average Bonchev–Trinajstić information content (AvgIpc) is 2.46. The first-order valence-corrected chi connectivity index (χ1v) is 7.06. The van der Waals surface area contributed by atoms with Gasteiger partial charge in [-0.05, 0) is 37.3 Å². The van der Waals surface area contributed by atoms with Crippen molar-refractivity contribution in [2.75, 3.05) is 31.1 Å². The highest BCUT2D eigenvalue weighted by Gasteiger charge is 2.19. The van der Waals surface area contributed by atoms with E-state index >= 15 is 0 Å². The van der Waals surface area contributed by atoms with Crippen molar-refractivity contribution in [3.05, 3.63) is 22.9 Å². The number of piperazine rings is 1. The van der Waals surface area contributed by atoms with Crippen LogP contribution < -0.4 is 16.0 Å². The van der Waals surface area contributed by atoms with Crippen molar-refractivity contribution in [3.8, 4) is 0 Å². The average molecular weight is 246 g/mol. The first-order chi connectivity index (χ1) is 8.88. The number of fused-ring (bicyclic) bond motifs is 1. The van der Waals surface area contributed by atoms with E-state index in [0.717, 1.165) is 38.4 Å². The lowest BCUT2D eigenvalue weighted by Gasteiger charge is -2.31. The molecule has 0 atom stereocenters. The second-order valence-electron chi connectivity index (χ2n) is 5.23. The van der Waals surface area contributed by atoms with Gasteiger partial charge in [0.1, 0.15) is 5.82 Å². The van der Waals surface area contributed by atoms with Crippen molar-refractivity contribution in [1.82, 2.24) is 10.3 Å². The van der Waals surface area contributed by atoms with Gasteiger partial charge in [0.25, 0.3) is 0 Å². The Morgan fingerprint density at radius 2 is 2.00 bits per heavy atom. The van der Waals surface area contributed by atoms with Crippen molar-refractivity contribution in [3.63, 3.8) is 0 Å². The van der Waals surface area contributed by atoms with Crippen LogP contribution >= 0.6 is 0 Å². The number of rotatable bonds is 2. The molecule has 1 fully saturated rings. The molecule has 0 aromatic carbocycles. The molecule has 2 aliphatic rings. The Balaban J connectivity index is 1.95. The fraction of sp³-hybridized carbons (Fsp3) is 0.643. The molecule has 1 aliphatic carbocycles. The summed E-state index contributed by atoms with van der Waals surface area (Å²) in [5, 5.41) is 3.38. The van der Waals surface area contributed by atoms with Gasteiger partial charge in [0, 0.05) is 44.0 Å². The smallest absolute Gasteiger partial charge is 0.133 e. The van der Waals surface area contributed by atoms with Gasteiger partial charge in [-0.15, -0.1) is 0 Å². The van der Waals surface area contributed by atoms with Gasteiger partial charge in [0.15, 0.2) is 0 Å². The summed E-state index contributed by atoms with van der Waals surface area (Å²) in [7, 11) is 0.